The largest absolute Gasteiger partial charge is 0.493 e. The third-order valence-electron chi connectivity index (χ3n) is 6.19. The molecule has 3 nitrogen and oxygen atoms in total. The van der Waals surface area contributed by atoms with E-state index in [-0.39, 0.29) is 5.56 Å². The molecule has 3 aliphatic carbocycles. The molecule has 3 atom stereocenters. The minimum absolute atomic E-state index is 0.0230. The lowest BCUT2D eigenvalue weighted by Crippen LogP contribution is -2.25. The van der Waals surface area contributed by atoms with Crippen LogP contribution in [0, 0.1) is 23.6 Å². The van der Waals surface area contributed by atoms with E-state index in [0.29, 0.717) is 24.2 Å². The van der Waals surface area contributed by atoms with E-state index in [0.717, 1.165) is 30.2 Å². The van der Waals surface area contributed by atoms with Gasteiger partial charge in [-0.25, -0.2) is 9.18 Å². The molecule has 0 N–H and O–H groups in total. The topological polar surface area (TPSA) is 35.5 Å². The fourth-order valence-electron chi connectivity index (χ4n) is 4.89. The van der Waals surface area contributed by atoms with Crippen LogP contribution < -0.4 is 4.74 Å². The Morgan fingerprint density at radius 3 is 2.33 bits per heavy atom. The second-order valence-corrected chi connectivity index (χ2v) is 9.84. The second-order valence-electron chi connectivity index (χ2n) is 9.84. The van der Waals surface area contributed by atoms with Crippen LogP contribution in [0.3, 0.4) is 0 Å². The van der Waals surface area contributed by atoms with Gasteiger partial charge in [0.15, 0.2) is 0 Å². The molecule has 0 unspecified atom stereocenters. The van der Waals surface area contributed by atoms with Crippen molar-refractivity contribution in [1.29, 1.82) is 0 Å². The van der Waals surface area contributed by atoms with E-state index < -0.39 is 17.4 Å². The molecule has 4 heteroatoms. The zero-order chi connectivity index (χ0) is 19.2. The summed E-state index contributed by atoms with van der Waals surface area (Å²) in [6.07, 6.45) is 8.76. The highest BCUT2D eigenvalue weighted by Crippen LogP contribution is 2.47. The zero-order valence-electron chi connectivity index (χ0n) is 16.7. The number of esters is 1. The van der Waals surface area contributed by atoms with Gasteiger partial charge in [0.2, 0.25) is 0 Å². The third kappa shape index (κ3) is 4.47. The lowest BCUT2D eigenvalue weighted by atomic mass is 9.81. The van der Waals surface area contributed by atoms with Gasteiger partial charge in [-0.2, -0.15) is 0 Å². The van der Waals surface area contributed by atoms with Crippen LogP contribution in [0.4, 0.5) is 4.39 Å². The second kappa shape index (κ2) is 7.10. The molecular weight excluding hydrogens is 343 g/mol. The van der Waals surface area contributed by atoms with Gasteiger partial charge in [0.1, 0.15) is 17.2 Å². The SMILES string of the molecule is CC(C)(C)OC(=O)c1cc(C2CC2)c(OC[C@H]2C[C@@H]3CC[C@@H](C3)C2)cc1F. The fraction of sp³-hybridized carbons (Fsp3) is 0.696. The summed E-state index contributed by atoms with van der Waals surface area (Å²) in [4.78, 5) is 12.4. The Bertz CT molecular complexity index is 705. The van der Waals surface area contributed by atoms with Crippen molar-refractivity contribution in [2.24, 2.45) is 17.8 Å². The number of carbonyl (C=O) groups excluding carboxylic acids is 1. The van der Waals surface area contributed by atoms with Gasteiger partial charge in [-0.1, -0.05) is 12.8 Å². The van der Waals surface area contributed by atoms with Crippen molar-refractivity contribution >= 4 is 5.97 Å². The van der Waals surface area contributed by atoms with Gasteiger partial charge < -0.3 is 9.47 Å². The van der Waals surface area contributed by atoms with Gasteiger partial charge >= 0.3 is 5.97 Å². The Labute approximate surface area is 161 Å². The maximum atomic E-state index is 14.7. The minimum atomic E-state index is -0.640. The molecule has 0 saturated heterocycles. The molecule has 2 bridgehead atoms. The first-order valence-electron chi connectivity index (χ1n) is 10.5. The Hall–Kier alpha value is -1.58. The van der Waals surface area contributed by atoms with E-state index in [1.807, 2.05) is 0 Å². The fourth-order valence-corrected chi connectivity index (χ4v) is 4.89. The third-order valence-corrected chi connectivity index (χ3v) is 6.19. The molecule has 3 fully saturated rings. The average Bonchev–Trinajstić information content (AvgIpc) is 3.36. The van der Waals surface area contributed by atoms with E-state index >= 15 is 0 Å². The summed E-state index contributed by atoms with van der Waals surface area (Å²) in [5.74, 6) is 2.17. The average molecular weight is 374 g/mol. The molecule has 4 rings (SSSR count). The molecule has 0 radical (unpaired) electrons. The summed E-state index contributed by atoms with van der Waals surface area (Å²) < 4.78 is 26.2. The van der Waals surface area contributed by atoms with Crippen LogP contribution in [-0.4, -0.2) is 18.2 Å². The van der Waals surface area contributed by atoms with Crippen molar-refractivity contribution in [3.8, 4) is 5.75 Å². The number of rotatable bonds is 5. The Balaban J connectivity index is 1.49. The lowest BCUT2D eigenvalue weighted by molar-refractivity contribution is 0.00645. The van der Waals surface area contributed by atoms with Crippen LogP contribution in [0.15, 0.2) is 12.1 Å². The van der Waals surface area contributed by atoms with Crippen molar-refractivity contribution in [2.75, 3.05) is 6.61 Å². The first-order chi connectivity index (χ1) is 12.8. The summed E-state index contributed by atoms with van der Waals surface area (Å²) in [5.41, 5.74) is 0.351. The first-order valence-corrected chi connectivity index (χ1v) is 10.5. The first kappa shape index (κ1) is 18.8. The van der Waals surface area contributed by atoms with Gasteiger partial charge in [0.25, 0.3) is 0 Å². The Morgan fingerprint density at radius 2 is 1.74 bits per heavy atom. The molecule has 0 heterocycles. The Kier molecular flexibility index (Phi) is 4.94. The van der Waals surface area contributed by atoms with E-state index in [1.54, 1.807) is 26.8 Å². The summed E-state index contributed by atoms with van der Waals surface area (Å²) in [6, 6.07) is 3.07. The molecule has 0 aromatic heterocycles. The van der Waals surface area contributed by atoms with Crippen LogP contribution in [-0.2, 0) is 4.74 Å². The zero-order valence-corrected chi connectivity index (χ0v) is 16.7. The standard InChI is InChI=1S/C23H31FO3/c1-23(2,3)27-22(25)19-11-18(17-6-7-17)21(12-20(19)24)26-13-16-9-14-4-5-15(8-14)10-16/h11-12,14-17H,4-10,13H2,1-3H3/t14-,15+,16+. The molecule has 1 aromatic rings. The van der Waals surface area contributed by atoms with Crippen LogP contribution in [0.5, 0.6) is 5.75 Å². The van der Waals surface area contributed by atoms with Gasteiger partial charge in [0.05, 0.1) is 12.2 Å². The van der Waals surface area contributed by atoms with Crippen LogP contribution in [0.25, 0.3) is 0 Å². The van der Waals surface area contributed by atoms with E-state index in [2.05, 4.69) is 0 Å². The van der Waals surface area contributed by atoms with Crippen molar-refractivity contribution in [1.82, 2.24) is 0 Å². The van der Waals surface area contributed by atoms with Gasteiger partial charge in [-0.3, -0.25) is 0 Å². The smallest absolute Gasteiger partial charge is 0.341 e. The van der Waals surface area contributed by atoms with Crippen molar-refractivity contribution in [3.63, 3.8) is 0 Å². The van der Waals surface area contributed by atoms with Crippen molar-refractivity contribution < 1.29 is 18.7 Å². The normalized spacial score (nSPS) is 27.5. The molecular formula is C23H31FO3. The minimum Gasteiger partial charge on any atom is -0.493 e. The maximum Gasteiger partial charge on any atom is 0.341 e. The highest BCUT2D eigenvalue weighted by molar-refractivity contribution is 5.90. The van der Waals surface area contributed by atoms with Gasteiger partial charge in [-0.15, -0.1) is 0 Å². The van der Waals surface area contributed by atoms with Crippen molar-refractivity contribution in [2.45, 2.75) is 77.2 Å². The van der Waals surface area contributed by atoms with Crippen molar-refractivity contribution in [3.05, 3.63) is 29.1 Å². The van der Waals surface area contributed by atoms with Crippen LogP contribution in [0.1, 0.15) is 87.6 Å². The van der Waals surface area contributed by atoms with Crippen LogP contribution in [0.2, 0.25) is 0 Å². The number of carbonyl (C=O) groups is 1. The molecule has 148 valence electrons. The summed E-state index contributed by atoms with van der Waals surface area (Å²) in [7, 11) is 0. The monoisotopic (exact) mass is 374 g/mol. The highest BCUT2D eigenvalue weighted by Gasteiger charge is 2.35. The number of ether oxygens (including phenoxy) is 2. The molecule has 3 saturated carbocycles. The van der Waals surface area contributed by atoms with E-state index in [4.69, 9.17) is 9.47 Å². The predicted octanol–water partition coefficient (Wildman–Crippen LogP) is 5.86. The predicted molar refractivity (Wildman–Crippen MR) is 103 cm³/mol. The molecule has 3 aliphatic rings. The Morgan fingerprint density at radius 1 is 1.07 bits per heavy atom. The number of halogens is 1. The van der Waals surface area contributed by atoms with Gasteiger partial charge in [-0.05, 0) is 88.2 Å². The highest BCUT2D eigenvalue weighted by atomic mass is 19.1. The van der Waals surface area contributed by atoms with E-state index in [1.165, 1.54) is 38.2 Å². The van der Waals surface area contributed by atoms with Crippen LogP contribution >= 0.6 is 0 Å². The summed E-state index contributed by atoms with van der Waals surface area (Å²) >= 11 is 0. The quantitative estimate of drug-likeness (QED) is 0.605. The van der Waals surface area contributed by atoms with E-state index in [9.17, 15) is 9.18 Å². The number of hydrogen-bond donors (Lipinski definition) is 0. The molecule has 0 aliphatic heterocycles. The van der Waals surface area contributed by atoms with Gasteiger partial charge in [0, 0.05) is 6.07 Å². The number of benzene rings is 1. The maximum absolute atomic E-state index is 14.7. The summed E-state index contributed by atoms with van der Waals surface area (Å²) in [6.45, 7) is 6.04. The molecule has 1 aromatic carbocycles. The number of fused-ring (bicyclic) bond motifs is 2. The summed E-state index contributed by atoms with van der Waals surface area (Å²) in [5, 5.41) is 0. The molecule has 27 heavy (non-hydrogen) atoms. The molecule has 0 amide bonds. The molecule has 0 spiro atoms. The lowest BCUT2D eigenvalue weighted by Gasteiger charge is -2.28. The number of hydrogen-bond acceptors (Lipinski definition) is 3.